The van der Waals surface area contributed by atoms with Crippen molar-refractivity contribution in [3.63, 3.8) is 0 Å². The van der Waals surface area contributed by atoms with Crippen LogP contribution < -0.4 is 21.5 Å². The van der Waals surface area contributed by atoms with Crippen LogP contribution in [0.1, 0.15) is 58.3 Å². The van der Waals surface area contributed by atoms with Gasteiger partial charge >= 0.3 is 17.6 Å². The third-order valence-electron chi connectivity index (χ3n) is 7.54. The molecule has 0 amide bonds. The number of nitrogens with zero attached hydrogens (tertiary/aromatic N) is 2. The molecule has 4 aromatic rings. The number of rotatable bonds is 12. The molecule has 1 saturated heterocycles. The summed E-state index contributed by atoms with van der Waals surface area (Å²) < 4.78 is 43.7. The Morgan fingerprint density at radius 1 is 1.00 bits per heavy atom. The Labute approximate surface area is 277 Å². The van der Waals surface area contributed by atoms with Crippen molar-refractivity contribution in [2.24, 2.45) is 0 Å². The zero-order valence-electron chi connectivity index (χ0n) is 26.5. The second-order valence-corrected chi connectivity index (χ2v) is 10.9. The number of nitrogens with one attached hydrogen (secondary N) is 1. The van der Waals surface area contributed by atoms with Gasteiger partial charge in [0.25, 0.3) is 17.0 Å². The van der Waals surface area contributed by atoms with Crippen LogP contribution in [0.25, 0.3) is 0 Å². The van der Waals surface area contributed by atoms with Crippen molar-refractivity contribution in [3.05, 3.63) is 132 Å². The van der Waals surface area contributed by atoms with E-state index in [9.17, 15) is 28.8 Å². The summed E-state index contributed by atoms with van der Waals surface area (Å²) in [6.45, 7) is 3.05. The Bertz CT molecular complexity index is 2020. The quantitative estimate of drug-likeness (QED) is 0.218. The minimum absolute atomic E-state index is 0.0144. The standard InChI is InChI=1S/C34H32FN3O11/c1-3-45-18-24-26(12-13-36-30(24)40)49-33(43)23-11-7-10-22(14-23)31(41)38-32(42)25(35)16-37(34(38)44)29-15-27(28(48-29)19-46-20(2)39)47-17-21-8-5-4-6-9-21/h4-14,16,27-29H,3,15,17-19H2,1-2H3,(H,36,40)/t27-,28+,29+/m0/s1. The molecule has 0 radical (unpaired) electrons. The first-order chi connectivity index (χ1) is 23.6. The number of aromatic amines is 1. The summed E-state index contributed by atoms with van der Waals surface area (Å²) in [7, 11) is 0. The molecule has 0 bridgehead atoms. The molecule has 1 aliphatic heterocycles. The van der Waals surface area contributed by atoms with Crippen molar-refractivity contribution in [1.29, 1.82) is 0 Å². The molecule has 0 unspecified atom stereocenters. The number of H-pyrrole nitrogens is 1. The summed E-state index contributed by atoms with van der Waals surface area (Å²) in [5.41, 5.74) is -2.83. The summed E-state index contributed by atoms with van der Waals surface area (Å²) in [6, 6.07) is 15.4. The smallest absolute Gasteiger partial charge is 0.343 e. The van der Waals surface area contributed by atoms with Gasteiger partial charge in [-0.15, -0.1) is 0 Å². The molecule has 0 spiro atoms. The van der Waals surface area contributed by atoms with Crippen LogP contribution in [-0.2, 0) is 37.0 Å². The van der Waals surface area contributed by atoms with E-state index < -0.39 is 58.9 Å². The fourth-order valence-electron chi connectivity index (χ4n) is 5.10. The van der Waals surface area contributed by atoms with Crippen molar-refractivity contribution < 1.29 is 42.5 Å². The highest BCUT2D eigenvalue weighted by atomic mass is 19.1. The maximum Gasteiger partial charge on any atom is 0.343 e. The minimum atomic E-state index is -1.52. The van der Waals surface area contributed by atoms with Gasteiger partial charge in [-0.1, -0.05) is 36.4 Å². The van der Waals surface area contributed by atoms with Gasteiger partial charge in [0.2, 0.25) is 5.82 Å². The number of halogens is 1. The molecule has 256 valence electrons. The second-order valence-electron chi connectivity index (χ2n) is 10.9. The van der Waals surface area contributed by atoms with Crippen LogP contribution in [0.5, 0.6) is 5.75 Å². The fourth-order valence-corrected chi connectivity index (χ4v) is 5.10. The molecule has 49 heavy (non-hydrogen) atoms. The number of carbonyl (C=O) groups excluding carboxylic acids is 3. The highest BCUT2D eigenvalue weighted by molar-refractivity contribution is 5.99. The minimum Gasteiger partial charge on any atom is -0.463 e. The van der Waals surface area contributed by atoms with Crippen LogP contribution >= 0.6 is 0 Å². The van der Waals surface area contributed by atoms with Crippen molar-refractivity contribution in [2.45, 2.75) is 51.9 Å². The first kappa shape index (κ1) is 34.8. The summed E-state index contributed by atoms with van der Waals surface area (Å²) in [5.74, 6) is -4.25. The molecule has 1 fully saturated rings. The predicted octanol–water partition coefficient (Wildman–Crippen LogP) is 2.72. The second kappa shape index (κ2) is 15.6. The first-order valence-electron chi connectivity index (χ1n) is 15.2. The normalized spacial score (nSPS) is 17.1. The molecule has 3 atom stereocenters. The van der Waals surface area contributed by atoms with Gasteiger partial charge in [0.05, 0.1) is 36.6 Å². The Kier molecular flexibility index (Phi) is 11.1. The summed E-state index contributed by atoms with van der Waals surface area (Å²) in [5, 5.41) is 0. The summed E-state index contributed by atoms with van der Waals surface area (Å²) in [6.07, 6.45) is -0.875. The van der Waals surface area contributed by atoms with E-state index in [4.69, 9.17) is 23.7 Å². The molecule has 15 heteroatoms. The number of hydrogen-bond acceptors (Lipinski definition) is 11. The van der Waals surface area contributed by atoms with Crippen LogP contribution in [0.4, 0.5) is 4.39 Å². The van der Waals surface area contributed by atoms with Gasteiger partial charge in [-0.05, 0) is 36.8 Å². The average Bonchev–Trinajstić information content (AvgIpc) is 3.51. The Hall–Kier alpha value is -5.51. The molecule has 14 nitrogen and oxygen atoms in total. The Morgan fingerprint density at radius 3 is 2.49 bits per heavy atom. The van der Waals surface area contributed by atoms with E-state index in [1.165, 1.54) is 37.4 Å². The van der Waals surface area contributed by atoms with Crippen molar-refractivity contribution in [1.82, 2.24) is 14.1 Å². The van der Waals surface area contributed by atoms with Gasteiger partial charge in [-0.2, -0.15) is 8.96 Å². The predicted molar refractivity (Wildman–Crippen MR) is 169 cm³/mol. The van der Waals surface area contributed by atoms with Gasteiger partial charge < -0.3 is 28.7 Å². The molecule has 1 aliphatic rings. The van der Waals surface area contributed by atoms with Gasteiger partial charge in [-0.25, -0.2) is 9.59 Å². The lowest BCUT2D eigenvalue weighted by Crippen LogP contribution is -2.46. The van der Waals surface area contributed by atoms with Crippen LogP contribution in [0.2, 0.25) is 0 Å². The lowest BCUT2D eigenvalue weighted by atomic mass is 10.1. The lowest BCUT2D eigenvalue weighted by molar-refractivity contribution is -0.148. The number of ether oxygens (including phenoxy) is 5. The Morgan fingerprint density at radius 2 is 1.76 bits per heavy atom. The van der Waals surface area contributed by atoms with E-state index >= 15 is 4.39 Å². The highest BCUT2D eigenvalue weighted by Gasteiger charge is 2.39. The van der Waals surface area contributed by atoms with Crippen LogP contribution in [-0.4, -0.2) is 57.4 Å². The van der Waals surface area contributed by atoms with Gasteiger partial charge in [0.15, 0.2) is 0 Å². The van der Waals surface area contributed by atoms with Crippen LogP contribution in [0.3, 0.4) is 0 Å². The molecular formula is C34H32FN3O11. The number of aromatic nitrogens is 3. The largest absolute Gasteiger partial charge is 0.463 e. The SMILES string of the molecule is CCOCc1c(OC(=O)c2cccc(C(=O)n3c(=O)c(F)cn([C@H]4C[C@H](OCc5ccccc5)[C@@H](COC(C)=O)O4)c3=O)c2)cc[nH]c1=O. The fraction of sp³-hybridized carbons (Fsp3) is 0.294. The number of hydrogen-bond donors (Lipinski definition) is 1. The van der Waals surface area contributed by atoms with E-state index in [1.54, 1.807) is 6.92 Å². The van der Waals surface area contributed by atoms with E-state index in [-0.39, 0.29) is 53.2 Å². The van der Waals surface area contributed by atoms with Gasteiger partial charge in [-0.3, -0.25) is 23.7 Å². The summed E-state index contributed by atoms with van der Waals surface area (Å²) >= 11 is 0. The monoisotopic (exact) mass is 677 g/mol. The zero-order valence-corrected chi connectivity index (χ0v) is 26.5. The number of pyridine rings is 1. The van der Waals surface area contributed by atoms with E-state index in [0.29, 0.717) is 12.8 Å². The molecule has 3 heterocycles. The van der Waals surface area contributed by atoms with Gasteiger partial charge in [0, 0.05) is 31.7 Å². The van der Waals surface area contributed by atoms with Crippen molar-refractivity contribution in [3.8, 4) is 5.75 Å². The van der Waals surface area contributed by atoms with E-state index in [0.717, 1.165) is 16.2 Å². The third-order valence-corrected chi connectivity index (χ3v) is 7.54. The summed E-state index contributed by atoms with van der Waals surface area (Å²) in [4.78, 5) is 79.3. The van der Waals surface area contributed by atoms with E-state index in [2.05, 4.69) is 4.98 Å². The Balaban J connectivity index is 1.40. The van der Waals surface area contributed by atoms with Crippen molar-refractivity contribution in [2.75, 3.05) is 13.2 Å². The molecule has 0 saturated carbocycles. The van der Waals surface area contributed by atoms with Crippen LogP contribution in [0, 0.1) is 5.82 Å². The van der Waals surface area contributed by atoms with Crippen LogP contribution in [0.15, 0.2) is 87.4 Å². The molecular weight excluding hydrogens is 645 g/mol. The first-order valence-corrected chi connectivity index (χ1v) is 15.2. The maximum absolute atomic E-state index is 15.1. The average molecular weight is 678 g/mol. The topological polar surface area (TPSA) is 174 Å². The zero-order chi connectivity index (χ0) is 35.1. The molecule has 5 rings (SSSR count). The molecule has 2 aromatic carbocycles. The van der Waals surface area contributed by atoms with E-state index in [1.807, 2.05) is 30.3 Å². The molecule has 0 aliphatic carbocycles. The maximum atomic E-state index is 15.1. The number of benzene rings is 2. The van der Waals surface area contributed by atoms with Gasteiger partial charge in [0.1, 0.15) is 24.7 Å². The number of carbonyl (C=O) groups is 3. The number of esters is 2. The third kappa shape index (κ3) is 8.14. The highest BCUT2D eigenvalue weighted by Crippen LogP contribution is 2.31. The van der Waals surface area contributed by atoms with Crippen molar-refractivity contribution >= 4 is 17.8 Å². The molecule has 2 aromatic heterocycles. The molecule has 1 N–H and O–H groups in total. The lowest BCUT2D eigenvalue weighted by Gasteiger charge is -2.18.